The van der Waals surface area contributed by atoms with Crippen LogP contribution in [0, 0.1) is 11.6 Å². The summed E-state index contributed by atoms with van der Waals surface area (Å²) in [6, 6.07) is 9.10. The van der Waals surface area contributed by atoms with Gasteiger partial charge in [-0.25, -0.2) is 13.6 Å². The molecule has 3 N–H and O–H groups in total. The highest BCUT2D eigenvalue weighted by Gasteiger charge is 2.24. The van der Waals surface area contributed by atoms with E-state index >= 15 is 0 Å². The minimum atomic E-state index is -0.887. The fraction of sp³-hybridized carbons (Fsp3) is 0.269. The maximum Gasteiger partial charge on any atom is 0.319 e. The number of hydrogen-bond acceptors (Lipinski definition) is 5. The van der Waals surface area contributed by atoms with E-state index in [0.717, 1.165) is 12.1 Å². The van der Waals surface area contributed by atoms with E-state index in [-0.39, 0.29) is 17.7 Å². The van der Waals surface area contributed by atoms with E-state index in [0.29, 0.717) is 11.1 Å². The summed E-state index contributed by atoms with van der Waals surface area (Å²) < 4.78 is 34.0. The zero-order valence-corrected chi connectivity index (χ0v) is 20.3. The number of amides is 2. The Balaban J connectivity index is 1.87. The summed E-state index contributed by atoms with van der Waals surface area (Å²) in [5.74, 6) is -2.42. The Morgan fingerprint density at radius 1 is 1.08 bits per heavy atom. The number of carbonyl (C=O) groups is 2. The van der Waals surface area contributed by atoms with Crippen LogP contribution in [0.3, 0.4) is 0 Å². The minimum Gasteiger partial charge on any atom is -0.505 e. The summed E-state index contributed by atoms with van der Waals surface area (Å²) >= 11 is 0. The first kappa shape index (κ1) is 26.4. The van der Waals surface area contributed by atoms with Crippen LogP contribution in [0.4, 0.5) is 19.3 Å². The van der Waals surface area contributed by atoms with Gasteiger partial charge in [-0.3, -0.25) is 9.59 Å². The van der Waals surface area contributed by atoms with E-state index < -0.39 is 46.6 Å². The standard InChI is InChI=1S/C26H27F2N3O5/c1-26(2,3)36-22(33)14-20(29-25(35)30-23-21(32)11-12-31(4)24(23)34)16-7-5-15(6-8-16)18-10-9-17(27)13-19(18)28/h5-13,20,32H,14H2,1-4H3,(H2,29,30,35)/t20-/m0/s1. The van der Waals surface area contributed by atoms with Crippen molar-refractivity contribution in [1.82, 2.24) is 9.88 Å². The van der Waals surface area contributed by atoms with Crippen LogP contribution in [0.2, 0.25) is 0 Å². The summed E-state index contributed by atoms with van der Waals surface area (Å²) in [6.45, 7) is 5.13. The molecule has 1 heterocycles. The number of nitrogens with zero attached hydrogens (tertiary/aromatic N) is 1. The summed E-state index contributed by atoms with van der Waals surface area (Å²) in [5.41, 5.74) is -0.555. The second-order valence-corrected chi connectivity index (χ2v) is 9.18. The fourth-order valence-electron chi connectivity index (χ4n) is 3.47. The molecular formula is C26H27F2N3O5. The second kappa shape index (κ2) is 10.6. The molecule has 1 atom stereocenters. The number of aromatic hydroxyl groups is 1. The van der Waals surface area contributed by atoms with Gasteiger partial charge in [-0.15, -0.1) is 0 Å². The molecule has 3 aromatic rings. The van der Waals surface area contributed by atoms with E-state index in [9.17, 15) is 28.3 Å². The van der Waals surface area contributed by atoms with Crippen molar-refractivity contribution in [1.29, 1.82) is 0 Å². The molecule has 3 rings (SSSR count). The largest absolute Gasteiger partial charge is 0.505 e. The quantitative estimate of drug-likeness (QED) is 0.429. The number of aromatic nitrogens is 1. The minimum absolute atomic E-state index is 0.188. The van der Waals surface area contributed by atoms with Gasteiger partial charge in [-0.2, -0.15) is 0 Å². The molecular weight excluding hydrogens is 472 g/mol. The zero-order chi connectivity index (χ0) is 26.6. The van der Waals surface area contributed by atoms with Crippen molar-refractivity contribution in [2.75, 3.05) is 5.32 Å². The molecule has 0 aliphatic carbocycles. The maximum atomic E-state index is 14.2. The van der Waals surface area contributed by atoms with Gasteiger partial charge in [0.15, 0.2) is 5.69 Å². The zero-order valence-electron chi connectivity index (χ0n) is 20.3. The lowest BCUT2D eigenvalue weighted by Crippen LogP contribution is -2.36. The first-order valence-electron chi connectivity index (χ1n) is 11.1. The third-order valence-electron chi connectivity index (χ3n) is 5.14. The summed E-state index contributed by atoms with van der Waals surface area (Å²) in [6.07, 6.45) is 1.10. The van der Waals surface area contributed by atoms with Crippen molar-refractivity contribution in [3.63, 3.8) is 0 Å². The van der Waals surface area contributed by atoms with E-state index in [4.69, 9.17) is 4.74 Å². The lowest BCUT2D eigenvalue weighted by atomic mass is 9.98. The number of hydrogen-bond donors (Lipinski definition) is 3. The first-order valence-corrected chi connectivity index (χ1v) is 11.1. The molecule has 0 saturated carbocycles. The van der Waals surface area contributed by atoms with Crippen molar-refractivity contribution in [3.8, 4) is 16.9 Å². The SMILES string of the molecule is Cn1ccc(O)c(NC(=O)N[C@@H](CC(=O)OC(C)(C)C)c2ccc(-c3ccc(F)cc3F)cc2)c1=O. The highest BCUT2D eigenvalue weighted by Crippen LogP contribution is 2.27. The van der Waals surface area contributed by atoms with Gasteiger partial charge in [-0.05, 0) is 50.1 Å². The Morgan fingerprint density at radius 2 is 1.75 bits per heavy atom. The molecule has 190 valence electrons. The number of anilines is 1. The van der Waals surface area contributed by atoms with Crippen molar-refractivity contribution in [3.05, 3.63) is 82.3 Å². The average molecular weight is 500 g/mol. The van der Waals surface area contributed by atoms with Crippen molar-refractivity contribution >= 4 is 17.7 Å². The number of nitrogens with one attached hydrogen (secondary N) is 2. The number of benzene rings is 2. The molecule has 0 spiro atoms. The number of halogens is 2. The predicted octanol–water partition coefficient (Wildman–Crippen LogP) is 4.63. The van der Waals surface area contributed by atoms with E-state index in [1.54, 1.807) is 45.0 Å². The molecule has 0 saturated heterocycles. The van der Waals surface area contributed by atoms with Crippen LogP contribution >= 0.6 is 0 Å². The molecule has 0 bridgehead atoms. The van der Waals surface area contributed by atoms with Crippen LogP contribution in [0.1, 0.15) is 38.8 Å². The summed E-state index contributed by atoms with van der Waals surface area (Å²) in [5, 5.41) is 14.9. The number of rotatable bonds is 6. The molecule has 0 aliphatic heterocycles. The van der Waals surface area contributed by atoms with Gasteiger partial charge < -0.3 is 25.0 Å². The Bertz CT molecular complexity index is 1330. The Labute approximate surface area is 206 Å². The molecule has 2 aromatic carbocycles. The maximum absolute atomic E-state index is 14.2. The molecule has 8 nitrogen and oxygen atoms in total. The number of pyridine rings is 1. The van der Waals surface area contributed by atoms with Crippen LogP contribution in [-0.4, -0.2) is 27.3 Å². The molecule has 0 fully saturated rings. The number of ether oxygens (including phenoxy) is 1. The topological polar surface area (TPSA) is 110 Å². The van der Waals surface area contributed by atoms with E-state index in [1.165, 1.54) is 29.9 Å². The molecule has 0 aliphatic rings. The van der Waals surface area contributed by atoms with Crippen LogP contribution in [0.15, 0.2) is 59.5 Å². The Kier molecular flexibility index (Phi) is 7.77. The van der Waals surface area contributed by atoms with Crippen LogP contribution in [0.25, 0.3) is 11.1 Å². The van der Waals surface area contributed by atoms with Gasteiger partial charge in [0.05, 0.1) is 12.5 Å². The first-order chi connectivity index (χ1) is 16.8. The van der Waals surface area contributed by atoms with Crippen molar-refractivity contribution in [2.24, 2.45) is 7.05 Å². The Morgan fingerprint density at radius 3 is 2.36 bits per heavy atom. The molecule has 36 heavy (non-hydrogen) atoms. The van der Waals surface area contributed by atoms with Gasteiger partial charge in [0.25, 0.3) is 5.56 Å². The van der Waals surface area contributed by atoms with Gasteiger partial charge in [-0.1, -0.05) is 24.3 Å². The number of aryl methyl sites for hydroxylation is 1. The fourth-order valence-corrected chi connectivity index (χ4v) is 3.47. The normalized spacial score (nSPS) is 12.1. The van der Waals surface area contributed by atoms with Crippen LogP contribution in [-0.2, 0) is 16.6 Å². The lowest BCUT2D eigenvalue weighted by Gasteiger charge is -2.23. The summed E-state index contributed by atoms with van der Waals surface area (Å²) in [7, 11) is 1.46. The molecule has 0 radical (unpaired) electrons. The number of esters is 1. The highest BCUT2D eigenvalue weighted by atomic mass is 19.1. The molecule has 10 heteroatoms. The summed E-state index contributed by atoms with van der Waals surface area (Å²) in [4.78, 5) is 37.5. The third kappa shape index (κ3) is 6.68. The number of carbonyl (C=O) groups excluding carboxylic acids is 2. The van der Waals surface area contributed by atoms with Gasteiger partial charge >= 0.3 is 12.0 Å². The van der Waals surface area contributed by atoms with Crippen molar-refractivity contribution in [2.45, 2.75) is 38.8 Å². The predicted molar refractivity (Wildman–Crippen MR) is 130 cm³/mol. The van der Waals surface area contributed by atoms with Gasteiger partial charge in [0, 0.05) is 24.9 Å². The van der Waals surface area contributed by atoms with Crippen LogP contribution < -0.4 is 16.2 Å². The molecule has 0 unspecified atom stereocenters. The average Bonchev–Trinajstić information content (AvgIpc) is 2.78. The smallest absolute Gasteiger partial charge is 0.319 e. The highest BCUT2D eigenvalue weighted by molar-refractivity contribution is 5.91. The lowest BCUT2D eigenvalue weighted by molar-refractivity contribution is -0.155. The molecule has 1 aromatic heterocycles. The van der Waals surface area contributed by atoms with Crippen molar-refractivity contribution < 1.29 is 28.2 Å². The van der Waals surface area contributed by atoms with E-state index in [2.05, 4.69) is 10.6 Å². The number of urea groups is 1. The molecule has 2 amide bonds. The Hall–Kier alpha value is -4.21. The van der Waals surface area contributed by atoms with Crippen LogP contribution in [0.5, 0.6) is 5.75 Å². The van der Waals surface area contributed by atoms with E-state index in [1.807, 2.05) is 0 Å². The van der Waals surface area contributed by atoms with Gasteiger partial charge in [0.1, 0.15) is 23.0 Å². The second-order valence-electron chi connectivity index (χ2n) is 9.18. The van der Waals surface area contributed by atoms with Gasteiger partial charge in [0.2, 0.25) is 0 Å². The third-order valence-corrected chi connectivity index (χ3v) is 5.14. The monoisotopic (exact) mass is 499 g/mol.